The molecule has 1 N–H and O–H groups in total. The van der Waals surface area contributed by atoms with Crippen LogP contribution in [-0.4, -0.2) is 15.9 Å². The number of benzene rings is 2. The van der Waals surface area contributed by atoms with Crippen molar-refractivity contribution in [1.29, 1.82) is 0 Å². The number of amides is 1. The highest BCUT2D eigenvalue weighted by Gasteiger charge is 2.24. The van der Waals surface area contributed by atoms with E-state index in [1.165, 1.54) is 11.3 Å². The van der Waals surface area contributed by atoms with Gasteiger partial charge in [-0.3, -0.25) is 4.79 Å². The van der Waals surface area contributed by atoms with Crippen molar-refractivity contribution in [1.82, 2.24) is 9.97 Å². The van der Waals surface area contributed by atoms with E-state index in [0.717, 1.165) is 22.1 Å². The molecule has 5 rings (SSSR count). The van der Waals surface area contributed by atoms with Crippen LogP contribution in [0.1, 0.15) is 11.3 Å². The van der Waals surface area contributed by atoms with Crippen LogP contribution >= 0.6 is 22.9 Å². The highest BCUT2D eigenvalue weighted by Crippen LogP contribution is 2.44. The lowest BCUT2D eigenvalue weighted by atomic mass is 10.2. The number of hydrogen-bond donors (Lipinski definition) is 1. The molecule has 6 nitrogen and oxygen atoms in total. The zero-order chi connectivity index (χ0) is 21.2. The zero-order valence-corrected chi connectivity index (χ0v) is 17.9. The predicted molar refractivity (Wildman–Crippen MR) is 122 cm³/mol. The highest BCUT2D eigenvalue weighted by atomic mass is 35.5. The van der Waals surface area contributed by atoms with E-state index in [4.69, 9.17) is 21.3 Å². The van der Waals surface area contributed by atoms with E-state index in [1.54, 1.807) is 18.3 Å². The van der Waals surface area contributed by atoms with E-state index in [-0.39, 0.29) is 12.3 Å². The van der Waals surface area contributed by atoms with Crippen molar-refractivity contribution >= 4 is 45.5 Å². The predicted octanol–water partition coefficient (Wildman–Crippen LogP) is 5.82. The number of carbonyl (C=O) groups excluding carboxylic acids is 1. The Hall–Kier alpha value is -3.42. The quantitative estimate of drug-likeness (QED) is 0.426. The molecular weight excluding hydrogens is 432 g/mol. The minimum Gasteiger partial charge on any atom is -0.455 e. The van der Waals surface area contributed by atoms with E-state index in [1.807, 2.05) is 53.9 Å². The lowest BCUT2D eigenvalue weighted by Gasteiger charge is -2.21. The number of aromatic nitrogens is 2. The number of nitrogens with one attached hydrogen (secondary N) is 1. The maximum atomic E-state index is 12.4. The number of rotatable bonds is 4. The first-order valence-corrected chi connectivity index (χ1v) is 10.9. The standard InChI is InChI=1S/C23H17ClN4O2S/c24-16-8-9-20-18(11-16)28(13-15-5-1-2-6-19(15)30-20)23-26-17(14-31-23)12-22(29)27-21-7-3-4-10-25-21/h1-11,14H,12-13H2,(H,25,27,29). The van der Waals surface area contributed by atoms with Crippen molar-refractivity contribution in [3.63, 3.8) is 0 Å². The molecule has 0 saturated heterocycles. The summed E-state index contributed by atoms with van der Waals surface area (Å²) in [5.41, 5.74) is 2.57. The van der Waals surface area contributed by atoms with Gasteiger partial charge in [0, 0.05) is 22.2 Å². The summed E-state index contributed by atoms with van der Waals surface area (Å²) in [6.07, 6.45) is 1.80. The number of halogens is 1. The SMILES string of the molecule is O=C(Cc1csc(N2Cc3ccccc3Oc3ccc(Cl)cc32)n1)Nc1ccccn1. The summed E-state index contributed by atoms with van der Waals surface area (Å²) in [6, 6.07) is 18.8. The molecule has 0 saturated carbocycles. The summed E-state index contributed by atoms with van der Waals surface area (Å²) in [5, 5.41) is 6.07. The van der Waals surface area contributed by atoms with Crippen LogP contribution in [0.2, 0.25) is 5.02 Å². The van der Waals surface area contributed by atoms with E-state index < -0.39 is 0 Å². The average molecular weight is 449 g/mol. The Morgan fingerprint density at radius 3 is 2.87 bits per heavy atom. The second-order valence-electron chi connectivity index (χ2n) is 6.97. The maximum Gasteiger partial charge on any atom is 0.231 e. The molecule has 0 fully saturated rings. The Balaban J connectivity index is 1.43. The number of ether oxygens (including phenoxy) is 1. The van der Waals surface area contributed by atoms with Crippen LogP contribution in [0.4, 0.5) is 16.6 Å². The summed E-state index contributed by atoms with van der Waals surface area (Å²) in [5.74, 6) is 1.87. The number of carbonyl (C=O) groups is 1. The molecule has 0 bridgehead atoms. The largest absolute Gasteiger partial charge is 0.455 e. The summed E-state index contributed by atoms with van der Waals surface area (Å²) >= 11 is 7.77. The third-order valence-electron chi connectivity index (χ3n) is 4.78. The zero-order valence-electron chi connectivity index (χ0n) is 16.3. The second kappa shape index (κ2) is 8.37. The fourth-order valence-corrected chi connectivity index (χ4v) is 4.36. The first-order valence-electron chi connectivity index (χ1n) is 9.64. The van der Waals surface area contributed by atoms with E-state index >= 15 is 0 Å². The monoisotopic (exact) mass is 448 g/mol. The smallest absolute Gasteiger partial charge is 0.231 e. The summed E-state index contributed by atoms with van der Waals surface area (Å²) in [4.78, 5) is 23.3. The number of pyridine rings is 1. The average Bonchev–Trinajstić information content (AvgIpc) is 3.16. The van der Waals surface area contributed by atoms with E-state index in [2.05, 4.69) is 15.2 Å². The Labute approximate surface area is 188 Å². The molecule has 154 valence electrons. The molecule has 3 heterocycles. The molecule has 1 aliphatic heterocycles. The summed E-state index contributed by atoms with van der Waals surface area (Å²) < 4.78 is 6.15. The molecule has 0 aliphatic carbocycles. The van der Waals surface area contributed by atoms with Gasteiger partial charge in [0.1, 0.15) is 11.6 Å². The number of nitrogens with zero attached hydrogens (tertiary/aromatic N) is 3. The molecule has 0 spiro atoms. The Bertz CT molecular complexity index is 1250. The van der Waals surface area contributed by atoms with Crippen LogP contribution < -0.4 is 15.0 Å². The van der Waals surface area contributed by atoms with E-state index in [0.29, 0.717) is 28.8 Å². The van der Waals surface area contributed by atoms with E-state index in [9.17, 15) is 4.79 Å². The van der Waals surface area contributed by atoms with Gasteiger partial charge in [-0.25, -0.2) is 9.97 Å². The van der Waals surface area contributed by atoms with Crippen LogP contribution in [0.5, 0.6) is 11.5 Å². The molecule has 8 heteroatoms. The number of fused-ring (bicyclic) bond motifs is 2. The normalized spacial score (nSPS) is 12.4. The number of anilines is 3. The number of hydrogen-bond acceptors (Lipinski definition) is 6. The van der Waals surface area contributed by atoms with Gasteiger partial charge in [0.15, 0.2) is 10.9 Å². The third kappa shape index (κ3) is 4.23. The first-order chi connectivity index (χ1) is 15.2. The van der Waals surface area contributed by atoms with Gasteiger partial charge in [-0.15, -0.1) is 11.3 Å². The van der Waals surface area contributed by atoms with Gasteiger partial charge >= 0.3 is 0 Å². The Morgan fingerprint density at radius 1 is 1.13 bits per heavy atom. The van der Waals surface area contributed by atoms with Crippen molar-refractivity contribution in [2.75, 3.05) is 10.2 Å². The van der Waals surface area contributed by atoms with Crippen LogP contribution in [0.25, 0.3) is 0 Å². The Kier molecular flexibility index (Phi) is 5.28. The lowest BCUT2D eigenvalue weighted by Crippen LogP contribution is -2.17. The third-order valence-corrected chi connectivity index (χ3v) is 5.92. The van der Waals surface area contributed by atoms with Gasteiger partial charge in [-0.05, 0) is 36.4 Å². The van der Waals surface area contributed by atoms with Crippen molar-refractivity contribution in [2.45, 2.75) is 13.0 Å². The topological polar surface area (TPSA) is 67.4 Å². The molecule has 31 heavy (non-hydrogen) atoms. The Morgan fingerprint density at radius 2 is 2.00 bits per heavy atom. The molecule has 0 unspecified atom stereocenters. The van der Waals surface area contributed by atoms with Crippen molar-refractivity contribution < 1.29 is 9.53 Å². The van der Waals surface area contributed by atoms with Crippen LogP contribution in [0.15, 0.2) is 72.2 Å². The van der Waals surface area contributed by atoms with Crippen LogP contribution in [0.3, 0.4) is 0 Å². The van der Waals surface area contributed by atoms with Gasteiger partial charge in [0.25, 0.3) is 0 Å². The first kappa shape index (κ1) is 19.5. The van der Waals surface area contributed by atoms with Gasteiger partial charge in [-0.1, -0.05) is 35.9 Å². The molecule has 2 aromatic heterocycles. The summed E-state index contributed by atoms with van der Waals surface area (Å²) in [7, 11) is 0. The van der Waals surface area contributed by atoms with Gasteiger partial charge < -0.3 is 15.0 Å². The molecule has 0 atom stereocenters. The molecular formula is C23H17ClN4O2S. The van der Waals surface area contributed by atoms with Crippen molar-refractivity contribution in [2.24, 2.45) is 0 Å². The molecule has 0 radical (unpaired) electrons. The second-order valence-corrected chi connectivity index (χ2v) is 8.24. The fraction of sp³-hybridized carbons (Fsp3) is 0.0870. The minimum atomic E-state index is -0.163. The molecule has 2 aromatic carbocycles. The molecule has 1 amide bonds. The number of para-hydroxylation sites is 1. The van der Waals surface area contributed by atoms with Crippen LogP contribution in [-0.2, 0) is 17.8 Å². The lowest BCUT2D eigenvalue weighted by molar-refractivity contribution is -0.115. The molecule has 4 aromatic rings. The number of thiazole rings is 1. The van der Waals surface area contributed by atoms with Gasteiger partial charge in [0.2, 0.25) is 5.91 Å². The fourth-order valence-electron chi connectivity index (χ4n) is 3.36. The molecule has 1 aliphatic rings. The maximum absolute atomic E-state index is 12.4. The van der Waals surface area contributed by atoms with Crippen LogP contribution in [0, 0.1) is 0 Å². The summed E-state index contributed by atoms with van der Waals surface area (Å²) in [6.45, 7) is 0.580. The van der Waals surface area contributed by atoms with Crippen molar-refractivity contribution in [3.05, 3.63) is 88.5 Å². The minimum absolute atomic E-state index is 0.163. The highest BCUT2D eigenvalue weighted by molar-refractivity contribution is 7.13. The van der Waals surface area contributed by atoms with Gasteiger partial charge in [-0.2, -0.15) is 0 Å². The van der Waals surface area contributed by atoms with Crippen molar-refractivity contribution in [3.8, 4) is 11.5 Å². The van der Waals surface area contributed by atoms with Gasteiger partial charge in [0.05, 0.1) is 24.3 Å².